The van der Waals surface area contributed by atoms with Gasteiger partial charge in [-0.2, -0.15) is 0 Å². The average molecular weight is 368 g/mol. The van der Waals surface area contributed by atoms with E-state index in [0.717, 1.165) is 18.7 Å². The molecular weight excluding hydrogens is 344 g/mol. The molecular formula is C20H24N4O3. The number of piperazine rings is 1. The summed E-state index contributed by atoms with van der Waals surface area (Å²) in [5.41, 5.74) is 7.03. The van der Waals surface area contributed by atoms with Gasteiger partial charge >= 0.3 is 0 Å². The Bertz CT molecular complexity index is 812. The Morgan fingerprint density at radius 3 is 2.52 bits per heavy atom. The molecule has 0 saturated carbocycles. The van der Waals surface area contributed by atoms with Crippen molar-refractivity contribution in [3.05, 3.63) is 54.0 Å². The summed E-state index contributed by atoms with van der Waals surface area (Å²) in [6.07, 6.45) is 2.29. The van der Waals surface area contributed by atoms with Crippen molar-refractivity contribution < 1.29 is 14.0 Å². The average Bonchev–Trinajstić information content (AvgIpc) is 3.35. The van der Waals surface area contributed by atoms with Crippen molar-refractivity contribution in [1.29, 1.82) is 0 Å². The molecule has 0 aliphatic carbocycles. The predicted molar refractivity (Wildman–Crippen MR) is 101 cm³/mol. The smallest absolute Gasteiger partial charge is 0.257 e. The first-order valence-electron chi connectivity index (χ1n) is 9.34. The summed E-state index contributed by atoms with van der Waals surface area (Å²) in [6, 6.07) is 11.4. The van der Waals surface area contributed by atoms with Crippen molar-refractivity contribution in [2.75, 3.05) is 37.6 Å². The molecule has 2 saturated heterocycles. The number of benzene rings is 1. The summed E-state index contributed by atoms with van der Waals surface area (Å²) in [5.74, 6) is 0.722. The number of para-hydroxylation sites is 1. The molecule has 1 aromatic heterocycles. The number of nitrogens with zero attached hydrogens (tertiary/aromatic N) is 3. The Morgan fingerprint density at radius 1 is 1.11 bits per heavy atom. The van der Waals surface area contributed by atoms with Gasteiger partial charge in [0.2, 0.25) is 5.91 Å². The largest absolute Gasteiger partial charge is 0.467 e. The summed E-state index contributed by atoms with van der Waals surface area (Å²) in [7, 11) is 0. The maximum atomic E-state index is 12.9. The fourth-order valence-corrected chi connectivity index (χ4v) is 3.89. The standard InChI is InChI=1S/C20H24N4O3/c21-13-17-12-15(14-27-17)19(25)23-10-8-22(9-11-23)18-6-7-24(20(18)26)16-4-2-1-3-5-16/h1-5,12,14,18H,6-11,13,21H2. The van der Waals surface area contributed by atoms with Gasteiger partial charge < -0.3 is 20.0 Å². The van der Waals surface area contributed by atoms with E-state index in [2.05, 4.69) is 4.90 Å². The van der Waals surface area contributed by atoms with Crippen molar-refractivity contribution in [3.63, 3.8) is 0 Å². The lowest BCUT2D eigenvalue weighted by Crippen LogP contribution is -2.53. The van der Waals surface area contributed by atoms with Gasteiger partial charge in [0.15, 0.2) is 0 Å². The van der Waals surface area contributed by atoms with E-state index in [9.17, 15) is 9.59 Å². The molecule has 0 bridgehead atoms. The van der Waals surface area contributed by atoms with Crippen molar-refractivity contribution in [3.8, 4) is 0 Å². The summed E-state index contributed by atoms with van der Waals surface area (Å²) in [6.45, 7) is 3.64. The van der Waals surface area contributed by atoms with E-state index >= 15 is 0 Å². The molecule has 2 aromatic rings. The van der Waals surface area contributed by atoms with Crippen LogP contribution in [0, 0.1) is 0 Å². The lowest BCUT2D eigenvalue weighted by molar-refractivity contribution is -0.122. The van der Waals surface area contributed by atoms with Crippen LogP contribution in [0.2, 0.25) is 0 Å². The second-order valence-electron chi connectivity index (χ2n) is 6.96. The van der Waals surface area contributed by atoms with Crippen molar-refractivity contribution >= 4 is 17.5 Å². The van der Waals surface area contributed by atoms with Crippen molar-refractivity contribution in [2.24, 2.45) is 5.73 Å². The molecule has 1 aromatic carbocycles. The van der Waals surface area contributed by atoms with Crippen LogP contribution in [-0.2, 0) is 11.3 Å². The molecule has 7 heteroatoms. The van der Waals surface area contributed by atoms with Crippen LogP contribution in [-0.4, -0.2) is 60.4 Å². The lowest BCUT2D eigenvalue weighted by atomic mass is 10.1. The number of anilines is 1. The van der Waals surface area contributed by atoms with E-state index in [0.29, 0.717) is 37.5 Å². The van der Waals surface area contributed by atoms with E-state index in [1.54, 1.807) is 6.07 Å². The number of carbonyl (C=O) groups excluding carboxylic acids is 2. The third-order valence-electron chi connectivity index (χ3n) is 5.39. The number of nitrogens with two attached hydrogens (primary N) is 1. The minimum atomic E-state index is -0.0970. The van der Waals surface area contributed by atoms with Crippen LogP contribution >= 0.6 is 0 Å². The van der Waals surface area contributed by atoms with E-state index in [1.807, 2.05) is 40.1 Å². The fraction of sp³-hybridized carbons (Fsp3) is 0.400. The van der Waals surface area contributed by atoms with E-state index in [1.165, 1.54) is 6.26 Å². The summed E-state index contributed by atoms with van der Waals surface area (Å²) in [5, 5.41) is 0. The quantitative estimate of drug-likeness (QED) is 0.880. The van der Waals surface area contributed by atoms with Crippen LogP contribution in [0.5, 0.6) is 0 Å². The lowest BCUT2D eigenvalue weighted by Gasteiger charge is -2.37. The third-order valence-corrected chi connectivity index (χ3v) is 5.39. The Hall–Kier alpha value is -2.64. The third kappa shape index (κ3) is 3.48. The molecule has 2 amide bonds. The molecule has 2 fully saturated rings. The highest BCUT2D eigenvalue weighted by Crippen LogP contribution is 2.25. The topological polar surface area (TPSA) is 83.0 Å². The Balaban J connectivity index is 1.35. The first-order valence-corrected chi connectivity index (χ1v) is 9.34. The zero-order valence-corrected chi connectivity index (χ0v) is 15.2. The van der Waals surface area contributed by atoms with E-state index in [4.69, 9.17) is 10.2 Å². The molecule has 1 unspecified atom stereocenters. The van der Waals surface area contributed by atoms with E-state index < -0.39 is 0 Å². The molecule has 3 heterocycles. The number of amides is 2. The molecule has 142 valence electrons. The first kappa shape index (κ1) is 17.8. The number of furan rings is 1. The first-order chi connectivity index (χ1) is 13.2. The van der Waals surface area contributed by atoms with Crippen molar-refractivity contribution in [1.82, 2.24) is 9.80 Å². The second kappa shape index (κ2) is 7.54. The van der Waals surface area contributed by atoms with Crippen molar-refractivity contribution in [2.45, 2.75) is 19.0 Å². The van der Waals surface area contributed by atoms with Gasteiger partial charge in [-0.1, -0.05) is 18.2 Å². The molecule has 7 nitrogen and oxygen atoms in total. The maximum Gasteiger partial charge on any atom is 0.257 e. The Morgan fingerprint density at radius 2 is 1.85 bits per heavy atom. The van der Waals surface area contributed by atoms with Gasteiger partial charge in [0, 0.05) is 38.4 Å². The maximum absolute atomic E-state index is 12.9. The van der Waals surface area contributed by atoms with Gasteiger partial charge in [-0.3, -0.25) is 14.5 Å². The summed E-state index contributed by atoms with van der Waals surface area (Å²) < 4.78 is 5.26. The summed E-state index contributed by atoms with van der Waals surface area (Å²) >= 11 is 0. The number of rotatable bonds is 4. The van der Waals surface area contributed by atoms with E-state index in [-0.39, 0.29) is 24.4 Å². The number of carbonyl (C=O) groups is 2. The minimum Gasteiger partial charge on any atom is -0.467 e. The van der Waals surface area contributed by atoms with Crippen LogP contribution in [0.3, 0.4) is 0 Å². The van der Waals surface area contributed by atoms with Crippen LogP contribution < -0.4 is 10.6 Å². The Labute approximate surface area is 158 Å². The molecule has 27 heavy (non-hydrogen) atoms. The zero-order chi connectivity index (χ0) is 18.8. The number of hydrogen-bond acceptors (Lipinski definition) is 5. The molecule has 4 rings (SSSR count). The molecule has 0 spiro atoms. The SMILES string of the molecule is NCc1cc(C(=O)N2CCN(C3CCN(c4ccccc4)C3=O)CC2)co1. The van der Waals surface area contributed by atoms with Crippen LogP contribution in [0.15, 0.2) is 47.1 Å². The highest BCUT2D eigenvalue weighted by Gasteiger charge is 2.38. The van der Waals surface area contributed by atoms with Gasteiger partial charge in [-0.05, 0) is 24.6 Å². The Kier molecular flexibility index (Phi) is 4.96. The van der Waals surface area contributed by atoms with Gasteiger partial charge in [-0.15, -0.1) is 0 Å². The molecule has 2 aliphatic rings. The number of hydrogen-bond donors (Lipinski definition) is 1. The molecule has 2 aliphatic heterocycles. The zero-order valence-electron chi connectivity index (χ0n) is 15.2. The molecule has 2 N–H and O–H groups in total. The van der Waals surface area contributed by atoms with Crippen LogP contribution in [0.4, 0.5) is 5.69 Å². The predicted octanol–water partition coefficient (Wildman–Crippen LogP) is 1.30. The molecule has 0 radical (unpaired) electrons. The normalized spacial score (nSPS) is 21.1. The minimum absolute atomic E-state index is 0.0400. The van der Waals surface area contributed by atoms with Crippen LogP contribution in [0.1, 0.15) is 22.5 Å². The monoisotopic (exact) mass is 368 g/mol. The van der Waals surface area contributed by atoms with Gasteiger partial charge in [-0.25, -0.2) is 0 Å². The van der Waals surface area contributed by atoms with Crippen LogP contribution in [0.25, 0.3) is 0 Å². The summed E-state index contributed by atoms with van der Waals surface area (Å²) in [4.78, 5) is 31.3. The second-order valence-corrected chi connectivity index (χ2v) is 6.96. The van der Waals surface area contributed by atoms with Gasteiger partial charge in [0.25, 0.3) is 5.91 Å². The van der Waals surface area contributed by atoms with Gasteiger partial charge in [0.05, 0.1) is 18.2 Å². The molecule has 1 atom stereocenters. The fourth-order valence-electron chi connectivity index (χ4n) is 3.89. The highest BCUT2D eigenvalue weighted by molar-refractivity contribution is 5.99. The van der Waals surface area contributed by atoms with Gasteiger partial charge in [0.1, 0.15) is 12.0 Å². The highest BCUT2D eigenvalue weighted by atomic mass is 16.3.